The van der Waals surface area contributed by atoms with E-state index in [4.69, 9.17) is 0 Å². The highest BCUT2D eigenvalue weighted by molar-refractivity contribution is 5.75. The number of nitro groups is 2. The fourth-order valence-electron chi connectivity index (χ4n) is 1.67. The number of non-ortho nitro benzene ring substituents is 1. The van der Waals surface area contributed by atoms with Gasteiger partial charge in [-0.25, -0.2) is 0 Å². The highest BCUT2D eigenvalue weighted by atomic mass is 16.6. The number of phenols is 1. The van der Waals surface area contributed by atoms with Crippen molar-refractivity contribution in [1.82, 2.24) is 0 Å². The normalized spacial score (nSPS) is 10.1. The Labute approximate surface area is 107 Å². The molecule has 2 aromatic rings. The lowest BCUT2D eigenvalue weighted by molar-refractivity contribution is -0.393. The predicted octanol–water partition coefficient (Wildman–Crippen LogP) is 2.88. The molecule has 7 heteroatoms. The van der Waals surface area contributed by atoms with Gasteiger partial charge < -0.3 is 5.11 Å². The molecule has 0 aromatic heterocycles. The molecular weight excluding hydrogens is 252 g/mol. The van der Waals surface area contributed by atoms with Gasteiger partial charge in [0.15, 0.2) is 0 Å². The van der Waals surface area contributed by atoms with Crippen LogP contribution < -0.4 is 0 Å². The maximum absolute atomic E-state index is 11.0. The van der Waals surface area contributed by atoms with Crippen LogP contribution >= 0.6 is 0 Å². The van der Waals surface area contributed by atoms with Crippen molar-refractivity contribution in [2.24, 2.45) is 0 Å². The highest BCUT2D eigenvalue weighted by Crippen LogP contribution is 2.33. The van der Waals surface area contributed by atoms with Crippen molar-refractivity contribution in [1.29, 1.82) is 0 Å². The van der Waals surface area contributed by atoms with Gasteiger partial charge in [0.25, 0.3) is 11.4 Å². The lowest BCUT2D eigenvalue weighted by Gasteiger charge is -2.03. The van der Waals surface area contributed by atoms with E-state index in [9.17, 15) is 25.3 Å². The van der Waals surface area contributed by atoms with Crippen molar-refractivity contribution in [2.75, 3.05) is 0 Å². The molecule has 7 nitrogen and oxygen atoms in total. The van der Waals surface area contributed by atoms with E-state index >= 15 is 0 Å². The lowest BCUT2D eigenvalue weighted by Crippen LogP contribution is -1.95. The number of aromatic hydroxyl groups is 1. The maximum Gasteiger partial charge on any atom is 0.284 e. The standard InChI is InChI=1S/C12H8N2O5/c15-10-4-1-8(2-5-10)11-6-3-9(13(16)17)7-12(11)14(18)19/h1-7,15H. The molecule has 0 unspecified atom stereocenters. The van der Waals surface area contributed by atoms with Crippen LogP contribution in [-0.4, -0.2) is 15.0 Å². The zero-order chi connectivity index (χ0) is 14.0. The zero-order valence-electron chi connectivity index (χ0n) is 9.52. The molecule has 0 saturated carbocycles. The van der Waals surface area contributed by atoms with Crippen molar-refractivity contribution in [2.45, 2.75) is 0 Å². The molecule has 2 rings (SSSR count). The first kappa shape index (κ1) is 12.5. The monoisotopic (exact) mass is 260 g/mol. The summed E-state index contributed by atoms with van der Waals surface area (Å²) >= 11 is 0. The molecule has 0 saturated heterocycles. The quantitative estimate of drug-likeness (QED) is 0.674. The largest absolute Gasteiger partial charge is 0.508 e. The van der Waals surface area contributed by atoms with Crippen LogP contribution in [-0.2, 0) is 0 Å². The second kappa shape index (κ2) is 4.73. The average molecular weight is 260 g/mol. The smallest absolute Gasteiger partial charge is 0.284 e. The molecule has 2 aromatic carbocycles. The van der Waals surface area contributed by atoms with Gasteiger partial charge in [-0.3, -0.25) is 20.2 Å². The van der Waals surface area contributed by atoms with Gasteiger partial charge in [0.1, 0.15) is 5.75 Å². The number of benzene rings is 2. The fraction of sp³-hybridized carbons (Fsp3) is 0. The van der Waals surface area contributed by atoms with Gasteiger partial charge in [0.05, 0.1) is 21.5 Å². The molecule has 0 radical (unpaired) electrons. The Balaban J connectivity index is 2.59. The summed E-state index contributed by atoms with van der Waals surface area (Å²) in [6.07, 6.45) is 0. The SMILES string of the molecule is O=[N+]([O-])c1ccc(-c2ccc(O)cc2)c([N+](=O)[O-])c1. The molecule has 0 aliphatic carbocycles. The van der Waals surface area contributed by atoms with Crippen molar-refractivity contribution in [3.8, 4) is 16.9 Å². The highest BCUT2D eigenvalue weighted by Gasteiger charge is 2.20. The van der Waals surface area contributed by atoms with Crippen LogP contribution in [0.15, 0.2) is 42.5 Å². The van der Waals surface area contributed by atoms with Crippen LogP contribution in [0.4, 0.5) is 11.4 Å². The second-order valence-corrected chi connectivity index (χ2v) is 3.76. The Morgan fingerprint density at radius 1 is 0.895 bits per heavy atom. The van der Waals surface area contributed by atoms with Crippen LogP contribution in [0.3, 0.4) is 0 Å². The second-order valence-electron chi connectivity index (χ2n) is 3.76. The maximum atomic E-state index is 11.0. The summed E-state index contributed by atoms with van der Waals surface area (Å²) in [5.74, 6) is 0.0355. The first-order valence-corrected chi connectivity index (χ1v) is 5.21. The Hall–Kier alpha value is -2.96. The molecule has 0 aliphatic heterocycles. The Kier molecular flexibility index (Phi) is 3.11. The van der Waals surface area contributed by atoms with Gasteiger partial charge in [-0.2, -0.15) is 0 Å². The predicted molar refractivity (Wildman–Crippen MR) is 66.9 cm³/mol. The summed E-state index contributed by atoms with van der Waals surface area (Å²) in [4.78, 5) is 20.2. The Bertz CT molecular complexity index is 652. The van der Waals surface area contributed by atoms with E-state index in [1.54, 1.807) is 0 Å². The molecule has 0 spiro atoms. The molecule has 0 fully saturated rings. The molecule has 96 valence electrons. The summed E-state index contributed by atoms with van der Waals surface area (Å²) in [5.41, 5.74) is 0.0733. The molecule has 0 amide bonds. The van der Waals surface area contributed by atoms with E-state index in [-0.39, 0.29) is 22.7 Å². The summed E-state index contributed by atoms with van der Waals surface area (Å²) in [5, 5.41) is 30.8. The van der Waals surface area contributed by atoms with Crippen molar-refractivity contribution >= 4 is 11.4 Å². The van der Waals surface area contributed by atoms with E-state index in [0.717, 1.165) is 6.07 Å². The van der Waals surface area contributed by atoms with E-state index in [2.05, 4.69) is 0 Å². The van der Waals surface area contributed by atoms with Crippen LogP contribution in [0.2, 0.25) is 0 Å². The van der Waals surface area contributed by atoms with Gasteiger partial charge in [0, 0.05) is 6.07 Å². The molecule has 0 atom stereocenters. The van der Waals surface area contributed by atoms with Crippen molar-refractivity contribution < 1.29 is 15.0 Å². The van der Waals surface area contributed by atoms with Gasteiger partial charge >= 0.3 is 0 Å². The molecular formula is C12H8N2O5. The van der Waals surface area contributed by atoms with Crippen LogP contribution in [0.5, 0.6) is 5.75 Å². The first-order valence-electron chi connectivity index (χ1n) is 5.21. The van der Waals surface area contributed by atoms with E-state index in [0.29, 0.717) is 5.56 Å². The first-order chi connectivity index (χ1) is 8.99. The summed E-state index contributed by atoms with van der Waals surface area (Å²) < 4.78 is 0. The third-order valence-electron chi connectivity index (χ3n) is 2.57. The van der Waals surface area contributed by atoms with Crippen LogP contribution in [0.25, 0.3) is 11.1 Å². The third-order valence-corrected chi connectivity index (χ3v) is 2.57. The van der Waals surface area contributed by atoms with Gasteiger partial charge in [0.2, 0.25) is 0 Å². The summed E-state index contributed by atoms with van der Waals surface area (Å²) in [6.45, 7) is 0. The number of hydrogen-bond acceptors (Lipinski definition) is 5. The lowest BCUT2D eigenvalue weighted by atomic mass is 10.0. The van der Waals surface area contributed by atoms with Gasteiger partial charge in [-0.1, -0.05) is 12.1 Å². The summed E-state index contributed by atoms with van der Waals surface area (Å²) in [6, 6.07) is 9.23. The third kappa shape index (κ3) is 2.49. The van der Waals surface area contributed by atoms with Crippen molar-refractivity contribution in [3.63, 3.8) is 0 Å². The number of hydrogen-bond donors (Lipinski definition) is 1. The molecule has 0 heterocycles. The fourth-order valence-corrected chi connectivity index (χ4v) is 1.67. The van der Waals surface area contributed by atoms with Crippen LogP contribution in [0.1, 0.15) is 0 Å². The Morgan fingerprint density at radius 3 is 2.05 bits per heavy atom. The average Bonchev–Trinajstić information content (AvgIpc) is 2.38. The van der Waals surface area contributed by atoms with Gasteiger partial charge in [-0.15, -0.1) is 0 Å². The van der Waals surface area contributed by atoms with E-state index < -0.39 is 9.85 Å². The number of rotatable bonds is 3. The number of phenolic OH excluding ortho intramolecular Hbond substituents is 1. The molecule has 0 aliphatic rings. The molecule has 0 bridgehead atoms. The number of nitrogens with zero attached hydrogens (tertiary/aromatic N) is 2. The minimum Gasteiger partial charge on any atom is -0.508 e. The topological polar surface area (TPSA) is 107 Å². The molecule has 1 N–H and O–H groups in total. The van der Waals surface area contributed by atoms with E-state index in [1.807, 2.05) is 0 Å². The Morgan fingerprint density at radius 2 is 1.53 bits per heavy atom. The zero-order valence-corrected chi connectivity index (χ0v) is 9.52. The summed E-state index contributed by atoms with van der Waals surface area (Å²) in [7, 11) is 0. The van der Waals surface area contributed by atoms with E-state index in [1.165, 1.54) is 36.4 Å². The van der Waals surface area contributed by atoms with Crippen molar-refractivity contribution in [3.05, 3.63) is 62.7 Å². The minimum absolute atomic E-state index is 0.0355. The number of nitro benzene ring substituents is 2. The molecule has 19 heavy (non-hydrogen) atoms. The minimum atomic E-state index is -0.687. The van der Waals surface area contributed by atoms with Gasteiger partial charge in [-0.05, 0) is 23.8 Å². The van der Waals surface area contributed by atoms with Crippen LogP contribution in [0, 0.1) is 20.2 Å².